The maximum Gasteiger partial charge on any atom is 0.251 e. The monoisotopic (exact) mass is 1200 g/mol. The fourth-order valence-electron chi connectivity index (χ4n) is 7.32. The molecule has 0 radical (unpaired) electrons. The van der Waals surface area contributed by atoms with Crippen LogP contribution < -0.4 is 64.3 Å². The third-order valence-electron chi connectivity index (χ3n) is 12.2. The van der Waals surface area contributed by atoms with Crippen LogP contribution in [0.3, 0.4) is 0 Å². The number of aliphatic hydroxyl groups excluding tert-OH is 4. The third kappa shape index (κ3) is 28.9. The average Bonchev–Trinajstić information content (AvgIpc) is 4.23. The Bertz CT molecular complexity index is 2620. The van der Waals surface area contributed by atoms with Crippen LogP contribution >= 0.6 is 12.2 Å². The van der Waals surface area contributed by atoms with Crippen molar-refractivity contribution in [3.05, 3.63) is 66.3 Å². The number of imidazole rings is 2. The lowest BCUT2D eigenvalue weighted by molar-refractivity contribution is -0.131. The number of thiocarbonyl (C=S) groups is 1. The second-order valence-electron chi connectivity index (χ2n) is 18.9. The Hall–Kier alpha value is -8.53. The smallest absolute Gasteiger partial charge is 0.251 e. The molecule has 0 aliphatic heterocycles. The van der Waals surface area contributed by atoms with Gasteiger partial charge in [0, 0.05) is 99.7 Å². The Kier molecular flexibility index (Phi) is 32.4. The predicted octanol–water partition coefficient (Wildman–Crippen LogP) is -4.53. The highest BCUT2D eigenvalue weighted by Gasteiger charge is 2.31. The number of hydrogen-bond donors (Lipinski definition) is 18. The van der Waals surface area contributed by atoms with Gasteiger partial charge in [0.1, 0.15) is 36.4 Å². The number of carbonyl (C=O) groups excluding carboxylic acids is 10. The molecule has 33 heteroatoms. The first-order chi connectivity index (χ1) is 40.1. The molecule has 10 amide bonds. The zero-order valence-electron chi connectivity index (χ0n) is 46.2. The normalized spacial score (nSPS) is 13.5. The number of rotatable bonds is 40. The number of primary amides is 1. The molecule has 84 heavy (non-hydrogen) atoms. The molecule has 19 N–H and O–H groups in total. The van der Waals surface area contributed by atoms with Gasteiger partial charge in [-0.25, -0.2) is 14.4 Å². The first-order valence-corrected chi connectivity index (χ1v) is 27.3. The molecule has 0 aliphatic rings. The molecule has 0 saturated heterocycles. The molecule has 7 atom stereocenters. The summed E-state index contributed by atoms with van der Waals surface area (Å²) in [5, 5.41) is 67.2. The van der Waals surface area contributed by atoms with Crippen LogP contribution in [-0.4, -0.2) is 199 Å². The van der Waals surface area contributed by atoms with Gasteiger partial charge in [-0.3, -0.25) is 53.4 Å². The molecule has 3 rings (SSSR count). The Labute approximate surface area is 487 Å². The molecule has 2 heterocycles. The van der Waals surface area contributed by atoms with Crippen LogP contribution in [0.2, 0.25) is 0 Å². The van der Waals surface area contributed by atoms with Gasteiger partial charge < -0.3 is 89.3 Å². The Morgan fingerprint density at radius 3 is 1.61 bits per heavy atom. The molecule has 2 aromatic heterocycles. The van der Waals surface area contributed by atoms with Crippen LogP contribution in [-0.2, 0) is 56.0 Å². The number of H-pyrrole nitrogens is 2. The van der Waals surface area contributed by atoms with Crippen molar-refractivity contribution >= 4 is 88.3 Å². The van der Waals surface area contributed by atoms with Crippen LogP contribution in [0.15, 0.2) is 54.4 Å². The number of nitrogens with two attached hydrogens (primary N) is 1. The topological polar surface area (TPSA) is 480 Å². The summed E-state index contributed by atoms with van der Waals surface area (Å²) in [4.78, 5) is 140. The van der Waals surface area contributed by atoms with E-state index in [2.05, 4.69) is 83.6 Å². The summed E-state index contributed by atoms with van der Waals surface area (Å²) in [6, 6.07) is 1.93. The number of aromatic amines is 2. The van der Waals surface area contributed by atoms with Gasteiger partial charge in [0.15, 0.2) is 11.3 Å². The number of hydrazone groups is 1. The van der Waals surface area contributed by atoms with Crippen LogP contribution in [0.1, 0.15) is 92.9 Å². The summed E-state index contributed by atoms with van der Waals surface area (Å²) >= 11 is 5.13. The van der Waals surface area contributed by atoms with E-state index in [0.717, 1.165) is 11.4 Å². The predicted molar refractivity (Wildman–Crippen MR) is 303 cm³/mol. The minimum absolute atomic E-state index is 0.000159. The fourth-order valence-corrected chi connectivity index (χ4v) is 7.49. The van der Waals surface area contributed by atoms with Gasteiger partial charge in [-0.15, -0.1) is 0 Å². The second-order valence-corrected chi connectivity index (χ2v) is 19.3. The fraction of sp³-hybridized carbons (Fsp3) is 0.529. The minimum atomic E-state index is -2.26. The summed E-state index contributed by atoms with van der Waals surface area (Å²) in [7, 11) is 0. The number of nitrogens with zero attached hydrogens (tertiary/aromatic N) is 3. The van der Waals surface area contributed by atoms with Crippen molar-refractivity contribution in [1.29, 1.82) is 0 Å². The molecule has 3 aromatic rings. The zero-order chi connectivity index (χ0) is 61.8. The molecule has 7 unspecified atom stereocenters. The number of amides is 10. The van der Waals surface area contributed by atoms with E-state index in [4.69, 9.17) is 23.1 Å². The van der Waals surface area contributed by atoms with Gasteiger partial charge in [0.2, 0.25) is 53.2 Å². The molecular weight excluding hydrogens is 1130 g/mol. The van der Waals surface area contributed by atoms with Crippen molar-refractivity contribution in [2.75, 3.05) is 51.2 Å². The van der Waals surface area contributed by atoms with Gasteiger partial charge in [0.05, 0.1) is 38.6 Å². The summed E-state index contributed by atoms with van der Waals surface area (Å²) in [6.45, 7) is 0.698. The van der Waals surface area contributed by atoms with Crippen molar-refractivity contribution in [1.82, 2.24) is 73.2 Å². The summed E-state index contributed by atoms with van der Waals surface area (Å²) in [5.41, 5.74) is 9.95. The van der Waals surface area contributed by atoms with Crippen molar-refractivity contribution in [2.24, 2.45) is 10.8 Å². The minimum Gasteiger partial charge on any atom is -0.394 e. The molecule has 31 nitrogen and oxygen atoms in total. The van der Waals surface area contributed by atoms with E-state index >= 15 is 0 Å². The first kappa shape index (κ1) is 69.7. The van der Waals surface area contributed by atoms with Crippen LogP contribution in [0.5, 0.6) is 0 Å². The summed E-state index contributed by atoms with van der Waals surface area (Å²) in [6.07, 6.45) is 0.635. The van der Waals surface area contributed by atoms with E-state index in [9.17, 15) is 67.7 Å². The maximum absolute atomic E-state index is 14.3. The lowest BCUT2D eigenvalue weighted by Gasteiger charge is -2.23. The van der Waals surface area contributed by atoms with Crippen molar-refractivity contribution in [3.8, 4) is 0 Å². The van der Waals surface area contributed by atoms with E-state index in [1.54, 1.807) is 12.4 Å². The SMILES string of the molecule is CC(NC(=O)C(CCCCNC(=O)CNC(=O)CCC(=O)NCCc1cnc[nH]1)NC(=O)c1ccc(NC(=S)N/N=C/C(F)C(O)C(O)C(O)CO)cc1)C(=O)NC(CCCCNC(=O)CNC(=O)CCC(=O)NCCc1cnc[nH]1)C(N)=O. The molecule has 0 fully saturated rings. The van der Waals surface area contributed by atoms with E-state index in [1.165, 1.54) is 43.8 Å². The molecule has 0 saturated carbocycles. The summed E-state index contributed by atoms with van der Waals surface area (Å²) in [5.74, 6) is -5.84. The quantitative estimate of drug-likeness (QED) is 0.0110. The van der Waals surface area contributed by atoms with Gasteiger partial charge >= 0.3 is 0 Å². The molecule has 1 aromatic carbocycles. The lowest BCUT2D eigenvalue weighted by atomic mass is 10.1. The van der Waals surface area contributed by atoms with Crippen molar-refractivity contribution in [2.45, 2.75) is 127 Å². The summed E-state index contributed by atoms with van der Waals surface area (Å²) < 4.78 is 14.3. The van der Waals surface area contributed by atoms with E-state index in [-0.39, 0.29) is 93.6 Å². The number of aliphatic hydroxyl groups is 4. The number of benzene rings is 1. The molecule has 462 valence electrons. The molecule has 0 aliphatic carbocycles. The zero-order valence-corrected chi connectivity index (χ0v) is 47.1. The highest BCUT2D eigenvalue weighted by Crippen LogP contribution is 2.12. The van der Waals surface area contributed by atoms with Gasteiger partial charge in [0.25, 0.3) is 5.91 Å². The number of halogens is 1. The highest BCUT2D eigenvalue weighted by atomic mass is 32.1. The van der Waals surface area contributed by atoms with Crippen LogP contribution in [0.25, 0.3) is 0 Å². The van der Waals surface area contributed by atoms with Crippen LogP contribution in [0.4, 0.5) is 10.1 Å². The average molecular weight is 1200 g/mol. The molecular formula is C51H76FN17O14S. The number of anilines is 1. The lowest BCUT2D eigenvalue weighted by Crippen LogP contribution is -2.55. The van der Waals surface area contributed by atoms with Gasteiger partial charge in [-0.05, 0) is 81.9 Å². The highest BCUT2D eigenvalue weighted by molar-refractivity contribution is 7.80. The largest absolute Gasteiger partial charge is 0.394 e. The number of aromatic nitrogens is 4. The van der Waals surface area contributed by atoms with Crippen LogP contribution in [0, 0.1) is 0 Å². The van der Waals surface area contributed by atoms with Crippen molar-refractivity contribution < 1.29 is 72.8 Å². The van der Waals surface area contributed by atoms with Crippen molar-refractivity contribution in [3.63, 3.8) is 0 Å². The maximum atomic E-state index is 14.3. The molecule has 0 bridgehead atoms. The first-order valence-electron chi connectivity index (χ1n) is 26.9. The standard InChI is InChI=1S/C51H76FN17O14S/c1-30(48(81)67-36(47(53)80)6-2-4-18-56-43(76)25-60-41(74)14-12-39(72)58-20-16-33-22-54-28-62-33)65-50(83)37(7-3-5-19-57-44(77)26-61-42(75)15-13-40(73)59-21-17-34-23-55-29-63-34)68-49(82)31-8-10-32(11-9-31)66-51(84)69-64-24-35(52)45(78)46(79)38(71)27-70/h8-11,22-24,28-30,35-38,45-46,70-71,78-79H,2-7,12-21,25-27H2,1H3,(H2,53,80)(H,54,62)(H,55,63)(H,56,76)(H,57,77)(H,58,72)(H,59,73)(H,60,74)(H,61,75)(H,65,83)(H,67,81)(H,68,82)(H2,66,69,84)/b64-24+. The number of unbranched alkanes of at least 4 members (excludes halogenated alkanes) is 2. The molecule has 0 spiro atoms. The Balaban J connectivity index is 1.49. The Morgan fingerprint density at radius 1 is 0.643 bits per heavy atom. The van der Waals surface area contributed by atoms with Gasteiger partial charge in [-0.1, -0.05) is 0 Å². The van der Waals surface area contributed by atoms with E-state index < -0.39 is 96.5 Å². The third-order valence-corrected chi connectivity index (χ3v) is 12.3. The Morgan fingerprint density at radius 2 is 1.13 bits per heavy atom. The number of hydrogen-bond acceptors (Lipinski definition) is 18. The number of alkyl halides is 1. The van der Waals surface area contributed by atoms with Gasteiger partial charge in [-0.2, -0.15) is 5.10 Å². The van der Waals surface area contributed by atoms with E-state index in [1.807, 2.05) is 0 Å². The number of carbonyl (C=O) groups is 10. The second kappa shape index (κ2) is 39.0. The number of nitrogens with one attached hydrogen (secondary N) is 13. The van der Waals surface area contributed by atoms with E-state index in [0.29, 0.717) is 57.1 Å².